The lowest BCUT2D eigenvalue weighted by atomic mass is 9.89. The number of nitrogens with two attached hydrogens (primary N) is 1. The summed E-state index contributed by atoms with van der Waals surface area (Å²) >= 11 is 0. The number of hydrogen-bond donors (Lipinski definition) is 3. The topological polar surface area (TPSA) is 225 Å². The Balaban J connectivity index is 1.61. The Hall–Kier alpha value is -3.66. The van der Waals surface area contributed by atoms with Crippen LogP contribution in [0.25, 0.3) is 0 Å². The quantitative estimate of drug-likeness (QED) is 0.142. The zero-order valence-electron chi connectivity index (χ0n) is 33.7. The summed E-state index contributed by atoms with van der Waals surface area (Å²) in [4.78, 5) is 55.3. The molecule has 20 heteroatoms. The summed E-state index contributed by atoms with van der Waals surface area (Å²) in [6, 6.07) is 0. The molecule has 17 nitrogen and oxygen atoms in total. The van der Waals surface area contributed by atoms with E-state index < -0.39 is 97.2 Å². The molecule has 4 N–H and O–H groups in total. The fourth-order valence-electron chi connectivity index (χ4n) is 6.02. The van der Waals surface area contributed by atoms with Gasteiger partial charge in [-0.1, -0.05) is 59.5 Å². The van der Waals surface area contributed by atoms with Crippen molar-refractivity contribution in [2.75, 3.05) is 13.2 Å². The Morgan fingerprint density at radius 1 is 0.982 bits per heavy atom. The second kappa shape index (κ2) is 14.9. The fourth-order valence-corrected chi connectivity index (χ4v) is 9.53. The van der Waals surface area contributed by atoms with Crippen molar-refractivity contribution >= 4 is 26.8 Å². The van der Waals surface area contributed by atoms with Crippen LogP contribution in [0.5, 0.6) is 0 Å². The van der Waals surface area contributed by atoms with Crippen LogP contribution in [0.3, 0.4) is 0 Å². The average Bonchev–Trinajstić information content (AvgIpc) is 3.73. The third-order valence-electron chi connectivity index (χ3n) is 11.4. The minimum atomic E-state index is -4.33. The highest BCUT2D eigenvalue weighted by Crippen LogP contribution is 2.52. The van der Waals surface area contributed by atoms with E-state index in [-0.39, 0.29) is 35.1 Å². The molecule has 2 aromatic rings. The van der Waals surface area contributed by atoms with Gasteiger partial charge in [-0.05, 0) is 49.3 Å². The van der Waals surface area contributed by atoms with Crippen LogP contribution in [0, 0.1) is 18.8 Å². The van der Waals surface area contributed by atoms with E-state index in [4.69, 9.17) is 28.2 Å². The third kappa shape index (κ3) is 8.06. The van der Waals surface area contributed by atoms with Crippen molar-refractivity contribution < 1.29 is 36.0 Å². The molecule has 308 valence electrons. The maximum Gasteiger partial charge on any atom is 0.334 e. The molecule has 1 saturated heterocycles. The van der Waals surface area contributed by atoms with Crippen LogP contribution in [0.4, 0.5) is 0 Å². The molecular weight excluding hydrogens is 783 g/mol. The number of ether oxygens (including phenoxy) is 2. The van der Waals surface area contributed by atoms with Crippen LogP contribution >= 0.6 is 0 Å². The molecule has 1 spiro atoms. The van der Waals surface area contributed by atoms with Crippen molar-refractivity contribution in [1.82, 2.24) is 18.7 Å². The first-order valence-corrected chi connectivity index (χ1v) is 25.5. The van der Waals surface area contributed by atoms with E-state index in [2.05, 4.69) is 37.6 Å². The van der Waals surface area contributed by atoms with Gasteiger partial charge in [-0.15, -0.1) is 0 Å². The Bertz CT molecular complexity index is 2360. The minimum absolute atomic E-state index is 0.120. The number of H-pyrrole nitrogens is 1. The molecule has 3 aliphatic heterocycles. The van der Waals surface area contributed by atoms with E-state index in [0.717, 1.165) is 19.1 Å². The summed E-state index contributed by atoms with van der Waals surface area (Å²) in [7, 11) is -9.64. The van der Waals surface area contributed by atoms with Crippen molar-refractivity contribution in [1.29, 1.82) is 0 Å². The molecule has 6 atom stereocenters. The average molecular weight is 836 g/mol. The van der Waals surface area contributed by atoms with Gasteiger partial charge in [-0.3, -0.25) is 23.7 Å². The van der Waals surface area contributed by atoms with Gasteiger partial charge in [0.15, 0.2) is 34.7 Å². The van der Waals surface area contributed by atoms with Crippen LogP contribution in [-0.4, -0.2) is 86.0 Å². The van der Waals surface area contributed by atoms with Gasteiger partial charge < -0.3 is 29.2 Å². The highest BCUT2D eigenvalue weighted by molar-refractivity contribution is 7.90. The first-order valence-electron chi connectivity index (χ1n) is 18.2. The lowest BCUT2D eigenvalue weighted by molar-refractivity contribution is -0.0567. The van der Waals surface area contributed by atoms with E-state index in [1.807, 2.05) is 47.0 Å². The standard InChI is InChI=1S/C36H53N5O12SSi2/c1-22-17-41(33(46)39(30(22)44)16-12-13-23-18-40(32(45)38-29(23)43)27-15-14-24(19-42)50-27)31-28(52-56(10,11)35(5,6)7)36(25(37)21-54(47,48)53-36)26(51-31)20-49-55(8,9)34(2,3)4/h14-15,17-18,21,24,26-28,31,42H,16,19-20,37H2,1-11H3,(H,38,43,45)/t24-,26+,27+,28-,31+,36?/m0/s1. The molecule has 0 aromatic carbocycles. The molecule has 5 heterocycles. The molecule has 3 aliphatic rings. The maximum absolute atomic E-state index is 14.4. The van der Waals surface area contributed by atoms with E-state index >= 15 is 0 Å². The molecule has 0 aliphatic carbocycles. The number of aromatic nitrogens is 4. The van der Waals surface area contributed by atoms with Gasteiger partial charge >= 0.3 is 11.4 Å². The second-order valence-corrected chi connectivity index (χ2v) is 28.3. The SMILES string of the molecule is Cc1cn([C@@H]2O[C@H](CO[Si](C)(C)C(C)(C)C)C3(OS(=O)(=O)C=C3N)[C@H]2O[Si](C)(C)C(C)(C)C)c(=O)n(CC#Cc2cn([C@H]3C=C[C@@H](CO)O3)c(=O)[nH]c2=O)c1=O. The highest BCUT2D eigenvalue weighted by atomic mass is 32.2. The van der Waals surface area contributed by atoms with E-state index in [1.54, 1.807) is 12.2 Å². The summed E-state index contributed by atoms with van der Waals surface area (Å²) in [5.41, 5.74) is 1.34. The number of nitrogens with one attached hydrogen (secondary N) is 1. The molecule has 0 saturated carbocycles. The van der Waals surface area contributed by atoms with Gasteiger partial charge in [0.2, 0.25) is 0 Å². The summed E-state index contributed by atoms with van der Waals surface area (Å²) in [6.45, 7) is 20.7. The van der Waals surface area contributed by atoms with E-state index in [0.29, 0.717) is 0 Å². The molecule has 1 unspecified atom stereocenters. The van der Waals surface area contributed by atoms with Gasteiger partial charge in [0.25, 0.3) is 21.2 Å². The van der Waals surface area contributed by atoms with Crippen molar-refractivity contribution in [3.05, 3.63) is 88.5 Å². The summed E-state index contributed by atoms with van der Waals surface area (Å²) in [5.74, 6) is 5.33. The van der Waals surface area contributed by atoms with Crippen LogP contribution in [0.2, 0.25) is 36.3 Å². The van der Waals surface area contributed by atoms with Crippen molar-refractivity contribution in [2.45, 2.75) is 128 Å². The maximum atomic E-state index is 14.4. The molecule has 1 fully saturated rings. The number of aromatic amines is 1. The summed E-state index contributed by atoms with van der Waals surface area (Å²) in [6.07, 6.45) is 0.235. The molecule has 56 heavy (non-hydrogen) atoms. The molecular formula is C36H53N5O12SSi2. The normalized spacial score (nSPS) is 26.4. The Labute approximate surface area is 327 Å². The predicted molar refractivity (Wildman–Crippen MR) is 212 cm³/mol. The number of rotatable bonds is 9. The zero-order chi connectivity index (χ0) is 42.0. The number of aliphatic hydroxyl groups is 1. The van der Waals surface area contributed by atoms with E-state index in [9.17, 15) is 32.7 Å². The Morgan fingerprint density at radius 3 is 2.18 bits per heavy atom. The minimum Gasteiger partial charge on any atom is -0.414 e. The number of aliphatic hydroxyl groups excluding tert-OH is 1. The van der Waals surface area contributed by atoms with Crippen LogP contribution in [0.1, 0.15) is 65.1 Å². The van der Waals surface area contributed by atoms with Gasteiger partial charge in [-0.2, -0.15) is 8.42 Å². The van der Waals surface area contributed by atoms with Gasteiger partial charge in [-0.25, -0.2) is 18.3 Å². The lowest BCUT2D eigenvalue weighted by Crippen LogP contribution is -2.59. The van der Waals surface area contributed by atoms with Crippen molar-refractivity contribution in [3.8, 4) is 11.8 Å². The number of aryl methyl sites for hydroxylation is 1. The largest absolute Gasteiger partial charge is 0.414 e. The molecule has 0 bridgehead atoms. The predicted octanol–water partition coefficient (Wildman–Crippen LogP) is 1.87. The smallest absolute Gasteiger partial charge is 0.334 e. The second-order valence-electron chi connectivity index (χ2n) is 17.4. The molecule has 0 radical (unpaired) electrons. The van der Waals surface area contributed by atoms with Crippen molar-refractivity contribution in [2.24, 2.45) is 5.73 Å². The van der Waals surface area contributed by atoms with E-state index in [1.165, 1.54) is 19.3 Å². The zero-order valence-corrected chi connectivity index (χ0v) is 36.5. The summed E-state index contributed by atoms with van der Waals surface area (Å²) < 4.78 is 61.0. The molecule has 5 rings (SSSR count). The summed E-state index contributed by atoms with van der Waals surface area (Å²) in [5, 5.41) is 9.60. The monoisotopic (exact) mass is 835 g/mol. The first kappa shape index (κ1) is 43.5. The van der Waals surface area contributed by atoms with Crippen LogP contribution in [0.15, 0.2) is 54.8 Å². The van der Waals surface area contributed by atoms with Gasteiger partial charge in [0, 0.05) is 18.0 Å². The van der Waals surface area contributed by atoms with Crippen LogP contribution in [-0.2, 0) is 39.2 Å². The fraction of sp³-hybridized carbons (Fsp3) is 0.611. The molecule has 2 aromatic heterocycles. The van der Waals surface area contributed by atoms with Crippen LogP contribution < -0.4 is 28.2 Å². The van der Waals surface area contributed by atoms with Gasteiger partial charge in [0.1, 0.15) is 23.9 Å². The Kier molecular flexibility index (Phi) is 11.6. The third-order valence-corrected chi connectivity index (χ3v) is 21.4. The number of hydrogen-bond acceptors (Lipinski definition) is 13. The highest BCUT2D eigenvalue weighted by Gasteiger charge is 2.67. The van der Waals surface area contributed by atoms with Crippen molar-refractivity contribution in [3.63, 3.8) is 0 Å². The van der Waals surface area contributed by atoms with Gasteiger partial charge in [0.05, 0.1) is 30.9 Å². The number of nitrogens with zero attached hydrogens (tertiary/aromatic N) is 3. The Morgan fingerprint density at radius 2 is 1.62 bits per heavy atom. The first-order chi connectivity index (χ1) is 25.7. The lowest BCUT2D eigenvalue weighted by Gasteiger charge is -2.43. The molecule has 0 amide bonds.